The fourth-order valence-electron chi connectivity index (χ4n) is 3.48. The van der Waals surface area contributed by atoms with Crippen molar-refractivity contribution in [2.75, 3.05) is 26.2 Å². The molecule has 3 heterocycles. The van der Waals surface area contributed by atoms with E-state index in [0.29, 0.717) is 6.54 Å². The monoisotopic (exact) mass is 485 g/mol. The van der Waals surface area contributed by atoms with E-state index in [4.69, 9.17) is 9.41 Å². The lowest BCUT2D eigenvalue weighted by atomic mass is 10.1. The normalized spacial score (nSPS) is 16.6. The lowest BCUT2D eigenvalue weighted by Crippen LogP contribution is -2.44. The molecule has 6 nitrogen and oxygen atoms in total. The zero-order valence-corrected chi connectivity index (χ0v) is 18.7. The molecule has 2 aromatic heterocycles. The van der Waals surface area contributed by atoms with Crippen LogP contribution in [0, 0.1) is 0 Å². The van der Waals surface area contributed by atoms with Crippen LogP contribution in [0.3, 0.4) is 0 Å². The first-order valence-electron chi connectivity index (χ1n) is 9.66. The van der Waals surface area contributed by atoms with Crippen molar-refractivity contribution >= 4 is 29.9 Å². The van der Waals surface area contributed by atoms with Crippen molar-refractivity contribution in [2.24, 2.45) is 12.0 Å². The Morgan fingerprint density at radius 2 is 2.04 bits per heavy atom. The van der Waals surface area contributed by atoms with Crippen LogP contribution >= 0.6 is 24.0 Å². The second-order valence-corrected chi connectivity index (χ2v) is 6.89. The first-order chi connectivity index (χ1) is 12.8. The van der Waals surface area contributed by atoms with E-state index >= 15 is 0 Å². The first kappa shape index (κ1) is 21.8. The van der Waals surface area contributed by atoms with E-state index in [2.05, 4.69) is 51.6 Å². The van der Waals surface area contributed by atoms with Gasteiger partial charge in [-0.1, -0.05) is 6.42 Å². The summed E-state index contributed by atoms with van der Waals surface area (Å²) in [5.74, 6) is 1.88. The van der Waals surface area contributed by atoms with Crippen LogP contribution in [0.15, 0.2) is 46.3 Å². The minimum atomic E-state index is 0. The summed E-state index contributed by atoms with van der Waals surface area (Å²) in [6.07, 6.45) is 9.77. The summed E-state index contributed by atoms with van der Waals surface area (Å²) in [5, 5.41) is 6.86. The summed E-state index contributed by atoms with van der Waals surface area (Å²) >= 11 is 0. The van der Waals surface area contributed by atoms with Gasteiger partial charge in [-0.3, -0.25) is 4.90 Å². The predicted molar refractivity (Wildman–Crippen MR) is 121 cm³/mol. The molecule has 1 unspecified atom stereocenters. The third-order valence-electron chi connectivity index (χ3n) is 4.82. The van der Waals surface area contributed by atoms with Crippen LogP contribution < -0.4 is 10.6 Å². The number of furan rings is 1. The Morgan fingerprint density at radius 3 is 2.67 bits per heavy atom. The maximum absolute atomic E-state index is 5.73. The Hall–Kier alpha value is -1.48. The van der Waals surface area contributed by atoms with E-state index in [9.17, 15) is 0 Å². The minimum absolute atomic E-state index is 0. The molecule has 1 atom stereocenters. The predicted octanol–water partition coefficient (Wildman–Crippen LogP) is 3.52. The number of aryl methyl sites for hydroxylation is 1. The number of nitrogens with one attached hydrogen (secondary N) is 2. The maximum Gasteiger partial charge on any atom is 0.191 e. The van der Waals surface area contributed by atoms with Crippen LogP contribution in [0.2, 0.25) is 0 Å². The lowest BCUT2D eigenvalue weighted by molar-refractivity contribution is 0.146. The second kappa shape index (κ2) is 11.4. The van der Waals surface area contributed by atoms with Crippen molar-refractivity contribution in [3.8, 4) is 0 Å². The maximum atomic E-state index is 5.73. The number of likely N-dealkylation sites (tertiary alicyclic amines) is 1. The highest BCUT2D eigenvalue weighted by molar-refractivity contribution is 14.0. The van der Waals surface area contributed by atoms with Gasteiger partial charge in [0.05, 0.1) is 18.8 Å². The quantitative estimate of drug-likeness (QED) is 0.358. The summed E-state index contributed by atoms with van der Waals surface area (Å²) in [6.45, 7) is 6.65. The van der Waals surface area contributed by atoms with E-state index in [1.54, 1.807) is 6.26 Å². The van der Waals surface area contributed by atoms with Gasteiger partial charge in [-0.25, -0.2) is 4.99 Å². The van der Waals surface area contributed by atoms with Gasteiger partial charge in [0.2, 0.25) is 0 Å². The largest absolute Gasteiger partial charge is 0.468 e. The number of hydrogen-bond donors (Lipinski definition) is 2. The van der Waals surface area contributed by atoms with Gasteiger partial charge in [0.1, 0.15) is 5.76 Å². The SMILES string of the molecule is CCNC(=NCc1ccn(C)c1)NCC(c1ccco1)N1CCCCC1.I. The van der Waals surface area contributed by atoms with Crippen molar-refractivity contribution < 1.29 is 4.42 Å². The molecule has 7 heteroatoms. The van der Waals surface area contributed by atoms with Crippen LogP contribution in [-0.4, -0.2) is 41.6 Å². The molecule has 0 saturated carbocycles. The Morgan fingerprint density at radius 1 is 1.22 bits per heavy atom. The Kier molecular flexibility index (Phi) is 9.20. The van der Waals surface area contributed by atoms with Gasteiger partial charge in [0.15, 0.2) is 5.96 Å². The van der Waals surface area contributed by atoms with Gasteiger partial charge in [-0.05, 0) is 56.6 Å². The van der Waals surface area contributed by atoms with Crippen molar-refractivity contribution in [1.82, 2.24) is 20.1 Å². The average Bonchev–Trinajstić information content (AvgIpc) is 3.33. The third-order valence-corrected chi connectivity index (χ3v) is 4.82. The number of aromatic nitrogens is 1. The Balaban J connectivity index is 0.00000261. The van der Waals surface area contributed by atoms with Crippen molar-refractivity contribution in [1.29, 1.82) is 0 Å². The molecule has 0 aromatic carbocycles. The highest BCUT2D eigenvalue weighted by Gasteiger charge is 2.24. The number of piperidine rings is 1. The van der Waals surface area contributed by atoms with Crippen LogP contribution in [-0.2, 0) is 13.6 Å². The second-order valence-electron chi connectivity index (χ2n) is 6.89. The molecule has 1 fully saturated rings. The van der Waals surface area contributed by atoms with Crippen LogP contribution in [0.1, 0.15) is 43.6 Å². The number of aliphatic imine (C=N–C) groups is 1. The zero-order valence-electron chi connectivity index (χ0n) is 16.4. The minimum Gasteiger partial charge on any atom is -0.468 e. The standard InChI is InChI=1S/C20H31N5O.HI/c1-3-21-20(22-14-17-9-12-24(2)16-17)23-15-18(19-8-7-13-26-19)25-10-5-4-6-11-25;/h7-9,12-13,16,18H,3-6,10-11,14-15H2,1-2H3,(H2,21,22,23);1H. The van der Waals surface area contributed by atoms with E-state index in [1.807, 2.05) is 13.1 Å². The molecule has 3 rings (SSSR count). The van der Waals surface area contributed by atoms with Crippen molar-refractivity contribution in [3.63, 3.8) is 0 Å². The molecule has 0 aliphatic carbocycles. The summed E-state index contributed by atoms with van der Waals surface area (Å²) in [5.41, 5.74) is 1.21. The molecule has 27 heavy (non-hydrogen) atoms. The molecule has 150 valence electrons. The van der Waals surface area contributed by atoms with E-state index in [0.717, 1.165) is 37.9 Å². The smallest absolute Gasteiger partial charge is 0.191 e. The summed E-state index contributed by atoms with van der Waals surface area (Å²) < 4.78 is 7.78. The Bertz CT molecular complexity index is 676. The average molecular weight is 485 g/mol. The van der Waals surface area contributed by atoms with Gasteiger partial charge in [-0.2, -0.15) is 0 Å². The highest BCUT2D eigenvalue weighted by Crippen LogP contribution is 2.24. The van der Waals surface area contributed by atoms with Gasteiger partial charge >= 0.3 is 0 Å². The fraction of sp³-hybridized carbons (Fsp3) is 0.550. The fourth-order valence-corrected chi connectivity index (χ4v) is 3.48. The van der Waals surface area contributed by atoms with Crippen LogP contribution in [0.4, 0.5) is 0 Å². The summed E-state index contributed by atoms with van der Waals surface area (Å²) in [7, 11) is 2.03. The number of rotatable bonds is 7. The molecule has 1 saturated heterocycles. The number of hydrogen-bond acceptors (Lipinski definition) is 3. The van der Waals surface area contributed by atoms with Gasteiger partial charge in [-0.15, -0.1) is 24.0 Å². The van der Waals surface area contributed by atoms with Gasteiger partial charge in [0, 0.05) is 32.5 Å². The van der Waals surface area contributed by atoms with E-state index < -0.39 is 0 Å². The summed E-state index contributed by atoms with van der Waals surface area (Å²) in [4.78, 5) is 7.25. The zero-order chi connectivity index (χ0) is 18.2. The molecule has 0 spiro atoms. The molecular weight excluding hydrogens is 453 g/mol. The highest BCUT2D eigenvalue weighted by atomic mass is 127. The van der Waals surface area contributed by atoms with Crippen LogP contribution in [0.25, 0.3) is 0 Å². The number of nitrogens with zero attached hydrogens (tertiary/aromatic N) is 3. The van der Waals surface area contributed by atoms with Gasteiger partial charge in [0.25, 0.3) is 0 Å². The van der Waals surface area contributed by atoms with Gasteiger partial charge < -0.3 is 19.6 Å². The molecule has 2 aromatic rings. The lowest BCUT2D eigenvalue weighted by Gasteiger charge is -2.33. The Labute approximate surface area is 179 Å². The van der Waals surface area contributed by atoms with E-state index in [1.165, 1.54) is 24.8 Å². The molecule has 0 radical (unpaired) electrons. The molecule has 1 aliphatic heterocycles. The van der Waals surface area contributed by atoms with Crippen LogP contribution in [0.5, 0.6) is 0 Å². The summed E-state index contributed by atoms with van der Waals surface area (Å²) in [6, 6.07) is 6.40. The number of guanidine groups is 1. The molecule has 0 bridgehead atoms. The third kappa shape index (κ3) is 6.57. The molecule has 2 N–H and O–H groups in total. The molecule has 1 aliphatic rings. The van der Waals surface area contributed by atoms with Crippen molar-refractivity contribution in [2.45, 2.75) is 38.8 Å². The number of halogens is 1. The van der Waals surface area contributed by atoms with Crippen molar-refractivity contribution in [3.05, 3.63) is 48.2 Å². The van der Waals surface area contributed by atoms with E-state index in [-0.39, 0.29) is 30.0 Å². The first-order valence-corrected chi connectivity index (χ1v) is 9.66. The molecule has 0 amide bonds. The topological polar surface area (TPSA) is 57.7 Å². The molecular formula is C20H32IN5O.